The first-order chi connectivity index (χ1) is 21.8. The van der Waals surface area contributed by atoms with Crippen molar-refractivity contribution in [3.8, 4) is 0 Å². The molecule has 7 rings (SSSR count). The second-order valence-corrected chi connectivity index (χ2v) is 8.19. The Hall–Kier alpha value is -5.37. The molecule has 9 heteroatoms. The first-order valence-electron chi connectivity index (χ1n) is 13.2. The lowest BCUT2D eigenvalue weighted by Gasteiger charge is -1.87. The zero-order chi connectivity index (χ0) is 31.4. The third-order valence-corrected chi connectivity index (χ3v) is 4.82. The third-order valence-electron chi connectivity index (χ3n) is 4.11. The Bertz CT molecular complexity index is 1030. The lowest BCUT2D eigenvalue weighted by atomic mass is 10.5. The van der Waals surface area contributed by atoms with Crippen LogP contribution in [0.25, 0.3) is 0 Å². The van der Waals surface area contributed by atoms with Crippen LogP contribution < -0.4 is 0 Å². The third kappa shape index (κ3) is 26.8. The molecule has 0 amide bonds. The van der Waals surface area contributed by atoms with Crippen LogP contribution in [0, 0.1) is 0 Å². The van der Waals surface area contributed by atoms with Crippen molar-refractivity contribution in [3.63, 3.8) is 0 Å². The number of halogens is 2. The molecule has 0 aliphatic heterocycles. The first kappa shape index (κ1) is 36.7. The van der Waals surface area contributed by atoms with Gasteiger partial charge in [0, 0.05) is 80.6 Å². The van der Waals surface area contributed by atoms with E-state index in [1.165, 1.54) is 0 Å². The van der Waals surface area contributed by atoms with Gasteiger partial charge in [-0.05, 0) is 84.9 Å². The zero-order valence-electron chi connectivity index (χ0n) is 23.9. The minimum absolute atomic E-state index is 0.356. The van der Waals surface area contributed by atoms with Crippen LogP contribution in [0.15, 0.2) is 202 Å². The highest BCUT2D eigenvalue weighted by Gasteiger charge is 1.91. The summed E-state index contributed by atoms with van der Waals surface area (Å²) in [6.07, 6.45) is 22.6. The van der Waals surface area contributed by atoms with Gasteiger partial charge in [0.1, 0.15) is 5.15 Å². The maximum absolute atomic E-state index is 5.51. The largest absolute Gasteiger partial charge is 0.265 e. The number of rotatable bonds is 0. The van der Waals surface area contributed by atoms with Crippen LogP contribution in [0.5, 0.6) is 0 Å². The second kappa shape index (κ2) is 30.6. The number of pyridine rings is 7. The highest BCUT2D eigenvalue weighted by atomic mass is 35.5. The summed E-state index contributed by atoms with van der Waals surface area (Å²) in [6.45, 7) is 0. The van der Waals surface area contributed by atoms with Crippen LogP contribution in [-0.4, -0.2) is 34.9 Å². The normalized spacial score (nSPS) is 8.23. The van der Waals surface area contributed by atoms with E-state index in [9.17, 15) is 0 Å². The molecule has 0 saturated carbocycles. The van der Waals surface area contributed by atoms with Crippen LogP contribution in [0.2, 0.25) is 10.2 Å². The van der Waals surface area contributed by atoms with Crippen LogP contribution in [0.1, 0.15) is 0 Å². The van der Waals surface area contributed by atoms with Gasteiger partial charge in [0.15, 0.2) is 0 Å². The average Bonchev–Trinajstić information content (AvgIpc) is 3.16. The molecule has 0 aliphatic carbocycles. The maximum Gasteiger partial charge on any atom is 0.147 e. The van der Waals surface area contributed by atoms with E-state index in [0.29, 0.717) is 10.2 Å². The Morgan fingerprint density at radius 3 is 0.591 bits per heavy atom. The van der Waals surface area contributed by atoms with Crippen molar-refractivity contribution >= 4 is 23.2 Å². The lowest BCUT2D eigenvalue weighted by molar-refractivity contribution is 1.33. The highest BCUT2D eigenvalue weighted by Crippen LogP contribution is 2.16. The molecule has 0 radical (unpaired) electrons. The van der Waals surface area contributed by atoms with Crippen LogP contribution in [-0.2, 0) is 0 Å². The minimum atomic E-state index is 0.356. The molecule has 7 aromatic heterocycles. The van der Waals surface area contributed by atoms with Gasteiger partial charge in [-0.25, -0.2) is 4.98 Å². The summed E-state index contributed by atoms with van der Waals surface area (Å²) in [6, 6.07) is 37.7. The standard InChI is InChI=1S/C5H3Cl2N.6C5H5N/c6-4-2-1-3-8-5(4)7;6*1-2-4-6-5-3-1/h1-3H;6*1-5H. The molecule has 0 spiro atoms. The fourth-order valence-electron chi connectivity index (χ4n) is 2.24. The molecule has 222 valence electrons. The Kier molecular flexibility index (Phi) is 25.5. The monoisotopic (exact) mass is 621 g/mol. The Morgan fingerprint density at radius 2 is 0.500 bits per heavy atom. The molecule has 0 N–H and O–H groups in total. The molecule has 0 aromatic carbocycles. The first-order valence-corrected chi connectivity index (χ1v) is 13.9. The van der Waals surface area contributed by atoms with Gasteiger partial charge in [-0.15, -0.1) is 0 Å². The number of hydrogen-bond donors (Lipinski definition) is 0. The van der Waals surface area contributed by atoms with Gasteiger partial charge >= 0.3 is 0 Å². The quantitative estimate of drug-likeness (QED) is 0.156. The smallest absolute Gasteiger partial charge is 0.147 e. The van der Waals surface area contributed by atoms with Crippen molar-refractivity contribution < 1.29 is 0 Å². The fourth-order valence-corrected chi connectivity index (χ4v) is 2.48. The van der Waals surface area contributed by atoms with E-state index in [4.69, 9.17) is 23.2 Å². The summed E-state index contributed by atoms with van der Waals surface area (Å²) in [5.74, 6) is 0. The minimum Gasteiger partial charge on any atom is -0.265 e. The molecule has 0 aliphatic rings. The molecule has 44 heavy (non-hydrogen) atoms. The molecule has 0 fully saturated rings. The van der Waals surface area contributed by atoms with Gasteiger partial charge in [-0.2, -0.15) is 0 Å². The topological polar surface area (TPSA) is 90.2 Å². The molecule has 7 aromatic rings. The van der Waals surface area contributed by atoms with E-state index in [2.05, 4.69) is 34.9 Å². The average molecular weight is 623 g/mol. The predicted octanol–water partition coefficient (Wildman–Crippen LogP) is 8.88. The van der Waals surface area contributed by atoms with Gasteiger partial charge in [0.2, 0.25) is 0 Å². The molecule has 0 atom stereocenters. The molecule has 0 bridgehead atoms. The van der Waals surface area contributed by atoms with Gasteiger partial charge < -0.3 is 0 Å². The van der Waals surface area contributed by atoms with Crippen molar-refractivity contribution in [1.82, 2.24) is 34.9 Å². The zero-order valence-corrected chi connectivity index (χ0v) is 25.5. The van der Waals surface area contributed by atoms with Gasteiger partial charge in [0.05, 0.1) is 5.02 Å². The van der Waals surface area contributed by atoms with E-state index in [0.717, 1.165) is 0 Å². The molecule has 0 saturated heterocycles. The Morgan fingerprint density at radius 1 is 0.273 bits per heavy atom. The lowest BCUT2D eigenvalue weighted by Crippen LogP contribution is -1.70. The van der Waals surface area contributed by atoms with E-state index in [1.807, 2.05) is 109 Å². The maximum atomic E-state index is 5.51. The van der Waals surface area contributed by atoms with E-state index in [-0.39, 0.29) is 0 Å². The molecule has 7 nitrogen and oxygen atoms in total. The van der Waals surface area contributed by atoms with Gasteiger partial charge in [-0.3, -0.25) is 29.9 Å². The molecule has 7 heterocycles. The van der Waals surface area contributed by atoms with E-state index < -0.39 is 0 Å². The van der Waals surface area contributed by atoms with Crippen LogP contribution in [0.3, 0.4) is 0 Å². The summed E-state index contributed by atoms with van der Waals surface area (Å²) < 4.78 is 0. The van der Waals surface area contributed by atoms with Gasteiger partial charge in [-0.1, -0.05) is 59.6 Å². The summed E-state index contributed by atoms with van der Waals surface area (Å²) in [5, 5.41) is 0.850. The number of nitrogens with zero attached hydrogens (tertiary/aromatic N) is 7. The highest BCUT2D eigenvalue weighted by molar-refractivity contribution is 6.41. The SMILES string of the molecule is Clc1cccnc1Cl.c1ccncc1.c1ccncc1.c1ccncc1.c1ccncc1.c1ccncc1.c1ccncc1. The predicted molar refractivity (Wildman–Crippen MR) is 180 cm³/mol. The molecule has 0 unspecified atom stereocenters. The fraction of sp³-hybridized carbons (Fsp3) is 0. The number of hydrogen-bond acceptors (Lipinski definition) is 7. The van der Waals surface area contributed by atoms with Crippen LogP contribution >= 0.6 is 23.2 Å². The molecular weight excluding hydrogens is 589 g/mol. The molecular formula is C35H33Cl2N7. The van der Waals surface area contributed by atoms with Crippen molar-refractivity contribution in [2.75, 3.05) is 0 Å². The van der Waals surface area contributed by atoms with E-state index >= 15 is 0 Å². The number of aromatic nitrogens is 7. The van der Waals surface area contributed by atoms with Crippen molar-refractivity contribution in [2.24, 2.45) is 0 Å². The summed E-state index contributed by atoms with van der Waals surface area (Å²) in [5.41, 5.74) is 0. The Balaban J connectivity index is 0.000000257. The Labute approximate surface area is 269 Å². The van der Waals surface area contributed by atoms with Crippen LogP contribution in [0.4, 0.5) is 0 Å². The van der Waals surface area contributed by atoms with E-state index in [1.54, 1.807) is 92.7 Å². The second-order valence-electron chi connectivity index (χ2n) is 7.42. The van der Waals surface area contributed by atoms with Crippen molar-refractivity contribution in [3.05, 3.63) is 212 Å². The van der Waals surface area contributed by atoms with Gasteiger partial charge in [0.25, 0.3) is 0 Å². The summed E-state index contributed by atoms with van der Waals surface area (Å²) in [7, 11) is 0. The summed E-state index contributed by atoms with van der Waals surface area (Å²) >= 11 is 11.0. The van der Waals surface area contributed by atoms with Crippen molar-refractivity contribution in [1.29, 1.82) is 0 Å². The summed E-state index contributed by atoms with van der Waals surface area (Å²) in [4.78, 5) is 26.4. The van der Waals surface area contributed by atoms with Crippen molar-refractivity contribution in [2.45, 2.75) is 0 Å².